The Morgan fingerprint density at radius 2 is 1.35 bits per heavy atom. The van der Waals surface area contributed by atoms with E-state index < -0.39 is 5.41 Å². The quantitative estimate of drug-likeness (QED) is 0.0959. The molecule has 1 heterocycles. The summed E-state index contributed by atoms with van der Waals surface area (Å²) in [4.78, 5) is 40.9. The van der Waals surface area contributed by atoms with Crippen LogP contribution in [0.2, 0.25) is 0 Å². The maximum atomic E-state index is 13.9. The van der Waals surface area contributed by atoms with Crippen molar-refractivity contribution in [2.75, 3.05) is 53.4 Å². The van der Waals surface area contributed by atoms with Crippen molar-refractivity contribution >= 4 is 17.7 Å². The van der Waals surface area contributed by atoms with Gasteiger partial charge in [0.25, 0.3) is 0 Å². The second-order valence-electron chi connectivity index (χ2n) is 14.0. The molecule has 0 radical (unpaired) electrons. The SMILES string of the molecule is CCCCCCC[N+]1(C)CCC[C@H](CNC(=O)CCNC(=O)CN(C)C(=O)CC(c2ccccc2)(c2ccccc2)c2ccccc2)C1. The van der Waals surface area contributed by atoms with Crippen molar-refractivity contribution in [2.24, 2.45) is 5.92 Å². The molecular formula is C41H57N4O3+. The van der Waals surface area contributed by atoms with Crippen LogP contribution in [-0.4, -0.2) is 80.5 Å². The third-order valence-electron chi connectivity index (χ3n) is 10.1. The first-order valence-corrected chi connectivity index (χ1v) is 18.0. The molecule has 0 bridgehead atoms. The summed E-state index contributed by atoms with van der Waals surface area (Å²) in [6.07, 6.45) is 9.27. The normalized spacial score (nSPS) is 17.8. The molecular weight excluding hydrogens is 596 g/mol. The monoisotopic (exact) mass is 653 g/mol. The molecule has 1 aliphatic heterocycles. The predicted octanol–water partition coefficient (Wildman–Crippen LogP) is 6.32. The second kappa shape index (κ2) is 18.5. The largest absolute Gasteiger partial charge is 0.356 e. The minimum absolute atomic E-state index is 0.0440. The first kappa shape index (κ1) is 36.9. The summed E-state index contributed by atoms with van der Waals surface area (Å²) >= 11 is 0. The van der Waals surface area contributed by atoms with Crippen LogP contribution in [0.1, 0.15) is 81.4 Å². The van der Waals surface area contributed by atoms with Crippen LogP contribution in [0.3, 0.4) is 0 Å². The number of quaternary nitrogens is 1. The number of piperidine rings is 1. The van der Waals surface area contributed by atoms with Gasteiger partial charge in [0.05, 0.1) is 38.6 Å². The van der Waals surface area contributed by atoms with Crippen LogP contribution < -0.4 is 10.6 Å². The van der Waals surface area contributed by atoms with E-state index in [1.54, 1.807) is 7.05 Å². The van der Waals surface area contributed by atoms with E-state index in [0.717, 1.165) is 34.1 Å². The molecule has 1 fully saturated rings. The Kier molecular flexibility index (Phi) is 14.2. The smallest absolute Gasteiger partial charge is 0.239 e. The zero-order valence-electron chi connectivity index (χ0n) is 29.5. The number of likely N-dealkylation sites (tertiary alicyclic amines) is 1. The number of likely N-dealkylation sites (N-methyl/N-ethyl adjacent to an activating group) is 1. The van der Waals surface area contributed by atoms with Crippen molar-refractivity contribution in [2.45, 2.75) is 70.1 Å². The average molecular weight is 654 g/mol. The Bertz CT molecular complexity index is 1320. The van der Waals surface area contributed by atoms with Gasteiger partial charge in [-0.2, -0.15) is 0 Å². The Hall–Kier alpha value is -3.97. The van der Waals surface area contributed by atoms with E-state index >= 15 is 0 Å². The van der Waals surface area contributed by atoms with Gasteiger partial charge in [-0.3, -0.25) is 14.4 Å². The maximum Gasteiger partial charge on any atom is 0.239 e. The van der Waals surface area contributed by atoms with Crippen LogP contribution >= 0.6 is 0 Å². The zero-order chi connectivity index (χ0) is 34.2. The zero-order valence-corrected chi connectivity index (χ0v) is 29.5. The fourth-order valence-corrected chi connectivity index (χ4v) is 7.39. The van der Waals surface area contributed by atoms with Gasteiger partial charge in [-0.25, -0.2) is 0 Å². The van der Waals surface area contributed by atoms with Crippen LogP contribution in [0.25, 0.3) is 0 Å². The molecule has 3 amide bonds. The molecule has 2 N–H and O–H groups in total. The van der Waals surface area contributed by atoms with E-state index in [0.29, 0.717) is 12.5 Å². The molecule has 1 saturated heterocycles. The molecule has 0 spiro atoms. The number of rotatable bonds is 18. The number of carbonyl (C=O) groups excluding carboxylic acids is 3. The molecule has 4 rings (SSSR count). The molecule has 3 aromatic rings. The fraction of sp³-hybridized carbons (Fsp3) is 0.488. The topological polar surface area (TPSA) is 78.5 Å². The Morgan fingerprint density at radius 1 is 0.792 bits per heavy atom. The highest BCUT2D eigenvalue weighted by Crippen LogP contribution is 2.42. The molecule has 0 saturated carbocycles. The molecule has 7 nitrogen and oxygen atoms in total. The van der Waals surface area contributed by atoms with Crippen molar-refractivity contribution in [3.05, 3.63) is 108 Å². The van der Waals surface area contributed by atoms with Gasteiger partial charge < -0.3 is 20.0 Å². The maximum absolute atomic E-state index is 13.9. The summed E-state index contributed by atoms with van der Waals surface area (Å²) in [6, 6.07) is 30.3. The lowest BCUT2D eigenvalue weighted by Gasteiger charge is -2.41. The number of amides is 3. The van der Waals surface area contributed by atoms with E-state index in [4.69, 9.17) is 0 Å². The number of carbonyl (C=O) groups is 3. The third kappa shape index (κ3) is 10.5. The molecule has 3 aromatic carbocycles. The van der Waals surface area contributed by atoms with Gasteiger partial charge in [0.15, 0.2) is 0 Å². The molecule has 7 heteroatoms. The van der Waals surface area contributed by atoms with Gasteiger partial charge in [0.2, 0.25) is 17.7 Å². The van der Waals surface area contributed by atoms with Crippen LogP contribution in [-0.2, 0) is 19.8 Å². The first-order chi connectivity index (χ1) is 23.3. The lowest BCUT2D eigenvalue weighted by atomic mass is 9.67. The Balaban J connectivity index is 1.27. The molecule has 0 aromatic heterocycles. The number of benzene rings is 3. The van der Waals surface area contributed by atoms with Gasteiger partial charge in [-0.05, 0) is 42.4 Å². The molecule has 48 heavy (non-hydrogen) atoms. The van der Waals surface area contributed by atoms with Crippen LogP contribution in [0.4, 0.5) is 0 Å². The molecule has 0 aliphatic carbocycles. The molecule has 1 aliphatic rings. The van der Waals surface area contributed by atoms with Crippen molar-refractivity contribution in [3.63, 3.8) is 0 Å². The van der Waals surface area contributed by atoms with E-state index in [9.17, 15) is 14.4 Å². The van der Waals surface area contributed by atoms with Crippen molar-refractivity contribution in [1.29, 1.82) is 0 Å². The summed E-state index contributed by atoms with van der Waals surface area (Å²) in [5.74, 6) is 0.0331. The predicted molar refractivity (Wildman–Crippen MR) is 194 cm³/mol. The van der Waals surface area contributed by atoms with Crippen LogP contribution in [0.15, 0.2) is 91.0 Å². The number of hydrogen-bond acceptors (Lipinski definition) is 3. The van der Waals surface area contributed by atoms with Gasteiger partial charge in [0, 0.05) is 38.9 Å². The standard InChI is InChI=1S/C41H56N4O3/c1-4-5-6-7-17-28-45(3)29-18-19-34(33-45)31-43-38(46)26-27-42-39(47)32-44(2)40(48)30-41(35-20-11-8-12-21-35,36-22-13-9-14-23-36)37-24-15-10-16-25-37/h8-16,20-25,34H,4-7,17-19,26-33H2,1-3H3,(H-,42,43,46,47)/p+1/t34-,45?/m1/s1. The second-order valence-corrected chi connectivity index (χ2v) is 14.0. The fourth-order valence-electron chi connectivity index (χ4n) is 7.39. The number of unbranched alkanes of at least 4 members (excludes halogenated alkanes) is 4. The summed E-state index contributed by atoms with van der Waals surface area (Å²) in [7, 11) is 4.04. The van der Waals surface area contributed by atoms with Crippen LogP contribution in [0.5, 0.6) is 0 Å². The highest BCUT2D eigenvalue weighted by molar-refractivity contribution is 5.86. The minimum atomic E-state index is -0.729. The van der Waals surface area contributed by atoms with Crippen molar-refractivity contribution < 1.29 is 18.9 Å². The van der Waals surface area contributed by atoms with E-state index in [-0.39, 0.29) is 43.7 Å². The number of hydrogen-bond donors (Lipinski definition) is 2. The molecule has 1 unspecified atom stereocenters. The summed E-state index contributed by atoms with van der Waals surface area (Å²) < 4.78 is 1.11. The summed E-state index contributed by atoms with van der Waals surface area (Å²) in [5, 5.41) is 5.96. The first-order valence-electron chi connectivity index (χ1n) is 18.0. The summed E-state index contributed by atoms with van der Waals surface area (Å²) in [5.41, 5.74) is 2.31. The van der Waals surface area contributed by atoms with E-state index in [1.165, 1.54) is 56.5 Å². The third-order valence-corrected chi connectivity index (χ3v) is 10.1. The number of nitrogens with zero attached hydrogens (tertiary/aromatic N) is 2. The van der Waals surface area contributed by atoms with Gasteiger partial charge in [-0.15, -0.1) is 0 Å². The van der Waals surface area contributed by atoms with Crippen LogP contribution in [0, 0.1) is 5.92 Å². The van der Waals surface area contributed by atoms with Gasteiger partial charge in [-0.1, -0.05) is 117 Å². The lowest BCUT2D eigenvalue weighted by Crippen LogP contribution is -2.53. The molecule has 258 valence electrons. The Labute approximate surface area is 288 Å². The van der Waals surface area contributed by atoms with E-state index in [2.05, 4.69) is 61.0 Å². The van der Waals surface area contributed by atoms with Crippen molar-refractivity contribution in [3.8, 4) is 0 Å². The average Bonchev–Trinajstić information content (AvgIpc) is 3.10. The lowest BCUT2D eigenvalue weighted by molar-refractivity contribution is -0.917. The van der Waals surface area contributed by atoms with E-state index in [1.807, 2.05) is 54.6 Å². The highest BCUT2D eigenvalue weighted by atomic mass is 16.2. The van der Waals surface area contributed by atoms with Crippen molar-refractivity contribution in [1.82, 2.24) is 15.5 Å². The Morgan fingerprint density at radius 3 is 1.92 bits per heavy atom. The molecule has 2 atom stereocenters. The van der Waals surface area contributed by atoms with Gasteiger partial charge >= 0.3 is 0 Å². The van der Waals surface area contributed by atoms with Gasteiger partial charge in [0.1, 0.15) is 0 Å². The number of nitrogens with one attached hydrogen (secondary N) is 2. The minimum Gasteiger partial charge on any atom is -0.356 e. The highest BCUT2D eigenvalue weighted by Gasteiger charge is 2.39. The summed E-state index contributed by atoms with van der Waals surface area (Å²) in [6.45, 7) is 6.68.